The van der Waals surface area contributed by atoms with Crippen LogP contribution >= 0.6 is 34.5 Å². The number of aliphatic hydroxyl groups excluding tert-OH is 1. The lowest BCUT2D eigenvalue weighted by molar-refractivity contribution is 0.0920. The Bertz CT molecular complexity index is 552. The van der Waals surface area contributed by atoms with Crippen molar-refractivity contribution < 1.29 is 9.90 Å². The predicted octanol–water partition coefficient (Wildman–Crippen LogP) is 3.52. The van der Waals surface area contributed by atoms with Crippen LogP contribution in [0.4, 0.5) is 0 Å². The Morgan fingerprint density at radius 1 is 1.26 bits per heavy atom. The van der Waals surface area contributed by atoms with Crippen LogP contribution in [0.25, 0.3) is 0 Å². The molecule has 2 rings (SSSR count). The highest BCUT2D eigenvalue weighted by Gasteiger charge is 2.16. The van der Waals surface area contributed by atoms with E-state index in [2.05, 4.69) is 5.32 Å². The van der Waals surface area contributed by atoms with Gasteiger partial charge < -0.3 is 10.4 Å². The molecule has 0 aliphatic rings. The molecule has 3 nitrogen and oxygen atoms in total. The number of carbonyl (C=O) groups excluding carboxylic acids is 1. The van der Waals surface area contributed by atoms with Gasteiger partial charge in [-0.2, -0.15) is 0 Å². The van der Waals surface area contributed by atoms with Crippen LogP contribution < -0.4 is 5.32 Å². The number of hydrogen-bond donors (Lipinski definition) is 2. The Kier molecular flexibility index (Phi) is 4.82. The van der Waals surface area contributed by atoms with Gasteiger partial charge in [-0.15, -0.1) is 11.3 Å². The smallest absolute Gasteiger partial charge is 0.261 e. The number of nitrogens with one attached hydrogen (secondary N) is 1. The van der Waals surface area contributed by atoms with Crippen molar-refractivity contribution in [1.29, 1.82) is 0 Å². The fourth-order valence-corrected chi connectivity index (χ4v) is 2.90. The summed E-state index contributed by atoms with van der Waals surface area (Å²) >= 11 is 13.3. The number of hydrogen-bond acceptors (Lipinski definition) is 3. The second-order valence-corrected chi connectivity index (χ2v) is 5.60. The van der Waals surface area contributed by atoms with Gasteiger partial charge in [0, 0.05) is 22.2 Å². The van der Waals surface area contributed by atoms with Crippen LogP contribution in [-0.2, 0) is 0 Å². The molecule has 0 spiro atoms. The Labute approximate surface area is 124 Å². The van der Waals surface area contributed by atoms with E-state index in [0.29, 0.717) is 20.5 Å². The molecule has 0 radical (unpaired) electrons. The van der Waals surface area contributed by atoms with Crippen molar-refractivity contribution >= 4 is 40.4 Å². The van der Waals surface area contributed by atoms with E-state index in [0.717, 1.165) is 0 Å². The van der Waals surface area contributed by atoms with Gasteiger partial charge in [0.2, 0.25) is 0 Å². The highest BCUT2D eigenvalue weighted by atomic mass is 35.5. The van der Waals surface area contributed by atoms with E-state index in [1.54, 1.807) is 30.3 Å². The molecule has 0 saturated heterocycles. The van der Waals surface area contributed by atoms with Crippen LogP contribution in [0, 0.1) is 0 Å². The van der Waals surface area contributed by atoms with E-state index in [-0.39, 0.29) is 12.5 Å². The average Bonchev–Trinajstić information content (AvgIpc) is 2.89. The van der Waals surface area contributed by atoms with Crippen molar-refractivity contribution in [2.24, 2.45) is 0 Å². The summed E-state index contributed by atoms with van der Waals surface area (Å²) in [5, 5.41) is 15.3. The summed E-state index contributed by atoms with van der Waals surface area (Å²) in [4.78, 5) is 12.3. The van der Waals surface area contributed by atoms with E-state index in [1.165, 1.54) is 11.3 Å². The first kappa shape index (κ1) is 14.3. The summed E-state index contributed by atoms with van der Waals surface area (Å²) in [6.45, 7) is 0.0557. The van der Waals surface area contributed by atoms with E-state index in [1.807, 2.05) is 5.38 Å². The molecule has 0 aliphatic heterocycles. The molecule has 100 valence electrons. The number of benzene rings is 1. The lowest BCUT2D eigenvalue weighted by atomic mass is 10.1. The fourth-order valence-electron chi connectivity index (χ4n) is 1.62. The number of amides is 1. The summed E-state index contributed by atoms with van der Waals surface area (Å²) < 4.78 is 0. The lowest BCUT2D eigenvalue weighted by Gasteiger charge is -2.14. The Hall–Kier alpha value is -1.07. The zero-order chi connectivity index (χ0) is 13.8. The van der Waals surface area contributed by atoms with Gasteiger partial charge in [-0.3, -0.25) is 4.79 Å². The molecule has 0 fully saturated rings. The highest BCUT2D eigenvalue weighted by Crippen LogP contribution is 2.29. The molecule has 1 heterocycles. The van der Waals surface area contributed by atoms with Crippen LogP contribution in [0.15, 0.2) is 35.7 Å². The summed E-state index contributed by atoms with van der Waals surface area (Å²) in [5.41, 5.74) is 0.428. The zero-order valence-corrected chi connectivity index (χ0v) is 12.1. The third-order valence-electron chi connectivity index (χ3n) is 2.53. The Morgan fingerprint density at radius 2 is 1.95 bits per heavy atom. The van der Waals surface area contributed by atoms with E-state index in [9.17, 15) is 9.90 Å². The number of thiophene rings is 1. The quantitative estimate of drug-likeness (QED) is 0.907. The van der Waals surface area contributed by atoms with Gasteiger partial charge in [-0.25, -0.2) is 0 Å². The van der Waals surface area contributed by atoms with Crippen LogP contribution in [0.1, 0.15) is 21.3 Å². The average molecular weight is 316 g/mol. The molecule has 1 atom stereocenters. The lowest BCUT2D eigenvalue weighted by Crippen LogP contribution is -2.28. The number of carbonyl (C=O) groups is 1. The second-order valence-electron chi connectivity index (χ2n) is 3.84. The normalized spacial score (nSPS) is 12.2. The molecular formula is C13H11Cl2NO2S. The summed E-state index contributed by atoms with van der Waals surface area (Å²) in [5.74, 6) is -0.225. The zero-order valence-electron chi connectivity index (χ0n) is 9.77. The SMILES string of the molecule is O=C(NCC(O)c1c(Cl)cccc1Cl)c1cccs1. The van der Waals surface area contributed by atoms with Crippen molar-refractivity contribution in [3.05, 3.63) is 56.2 Å². The van der Waals surface area contributed by atoms with Gasteiger partial charge in [-0.1, -0.05) is 35.3 Å². The molecule has 1 aromatic heterocycles. The first-order valence-electron chi connectivity index (χ1n) is 5.53. The molecule has 1 amide bonds. The Morgan fingerprint density at radius 3 is 2.53 bits per heavy atom. The van der Waals surface area contributed by atoms with Crippen molar-refractivity contribution in [2.45, 2.75) is 6.10 Å². The molecule has 1 unspecified atom stereocenters. The molecule has 0 saturated carbocycles. The second kappa shape index (κ2) is 6.39. The number of rotatable bonds is 4. The minimum Gasteiger partial charge on any atom is -0.386 e. The van der Waals surface area contributed by atoms with Gasteiger partial charge in [0.15, 0.2) is 0 Å². The van der Waals surface area contributed by atoms with E-state index in [4.69, 9.17) is 23.2 Å². The van der Waals surface area contributed by atoms with Gasteiger partial charge >= 0.3 is 0 Å². The molecule has 19 heavy (non-hydrogen) atoms. The third-order valence-corrected chi connectivity index (χ3v) is 4.06. The minimum absolute atomic E-state index is 0.0557. The van der Waals surface area contributed by atoms with Crippen molar-refractivity contribution in [3.8, 4) is 0 Å². The fraction of sp³-hybridized carbons (Fsp3) is 0.154. The monoisotopic (exact) mass is 315 g/mol. The first-order valence-corrected chi connectivity index (χ1v) is 7.17. The van der Waals surface area contributed by atoms with Gasteiger partial charge in [-0.05, 0) is 23.6 Å². The van der Waals surface area contributed by atoms with Crippen LogP contribution in [-0.4, -0.2) is 17.6 Å². The molecule has 0 bridgehead atoms. The van der Waals surface area contributed by atoms with Gasteiger partial charge in [0.25, 0.3) is 5.91 Å². The maximum absolute atomic E-state index is 11.7. The maximum atomic E-state index is 11.7. The van der Waals surface area contributed by atoms with Crippen molar-refractivity contribution in [1.82, 2.24) is 5.32 Å². The van der Waals surface area contributed by atoms with Crippen LogP contribution in [0.2, 0.25) is 10.0 Å². The van der Waals surface area contributed by atoms with Crippen molar-refractivity contribution in [3.63, 3.8) is 0 Å². The van der Waals surface area contributed by atoms with Crippen molar-refractivity contribution in [2.75, 3.05) is 6.54 Å². The molecule has 2 N–H and O–H groups in total. The molecular weight excluding hydrogens is 305 g/mol. The van der Waals surface area contributed by atoms with E-state index < -0.39 is 6.10 Å². The summed E-state index contributed by atoms with van der Waals surface area (Å²) in [6, 6.07) is 8.50. The number of aliphatic hydroxyl groups is 1. The molecule has 0 aliphatic carbocycles. The highest BCUT2D eigenvalue weighted by molar-refractivity contribution is 7.12. The topological polar surface area (TPSA) is 49.3 Å². The largest absolute Gasteiger partial charge is 0.386 e. The van der Waals surface area contributed by atoms with Gasteiger partial charge in [0.05, 0.1) is 11.0 Å². The number of halogens is 2. The Balaban J connectivity index is 2.02. The van der Waals surface area contributed by atoms with E-state index >= 15 is 0 Å². The van der Waals surface area contributed by atoms with Crippen LogP contribution in [0.5, 0.6) is 0 Å². The molecule has 6 heteroatoms. The standard InChI is InChI=1S/C13H11Cl2NO2S/c14-8-3-1-4-9(15)12(8)10(17)7-16-13(18)11-5-2-6-19-11/h1-6,10,17H,7H2,(H,16,18). The molecule has 2 aromatic rings. The predicted molar refractivity (Wildman–Crippen MR) is 78.1 cm³/mol. The summed E-state index contributed by atoms with van der Waals surface area (Å²) in [7, 11) is 0. The first-order chi connectivity index (χ1) is 9.09. The van der Waals surface area contributed by atoms with Gasteiger partial charge in [0.1, 0.15) is 0 Å². The summed E-state index contributed by atoms with van der Waals surface area (Å²) in [6.07, 6.45) is -0.940. The maximum Gasteiger partial charge on any atom is 0.261 e. The third kappa shape index (κ3) is 3.48. The minimum atomic E-state index is -0.940. The molecule has 1 aromatic carbocycles. The van der Waals surface area contributed by atoms with Crippen LogP contribution in [0.3, 0.4) is 0 Å².